The second kappa shape index (κ2) is 7.93. The van der Waals surface area contributed by atoms with E-state index in [1.165, 1.54) is 12.8 Å². The van der Waals surface area contributed by atoms with Crippen LogP contribution in [0.25, 0.3) is 0 Å². The second-order valence-corrected chi connectivity index (χ2v) is 9.97. The van der Waals surface area contributed by atoms with Gasteiger partial charge in [-0.15, -0.1) is 0 Å². The van der Waals surface area contributed by atoms with Gasteiger partial charge in [0.05, 0.1) is 11.5 Å². The number of carbonyl (C=O) groups is 1. The number of hydrogen-bond donors (Lipinski definition) is 2. The molecule has 3 rings (SSSR count). The van der Waals surface area contributed by atoms with Crippen molar-refractivity contribution in [3.05, 3.63) is 0 Å². The van der Waals surface area contributed by atoms with Crippen LogP contribution in [-0.2, 0) is 14.6 Å². The van der Waals surface area contributed by atoms with E-state index in [0.717, 1.165) is 25.2 Å². The Labute approximate surface area is 150 Å². The molecular formula is C17H30N4O3S. The van der Waals surface area contributed by atoms with Crippen molar-refractivity contribution < 1.29 is 13.2 Å². The predicted octanol–water partition coefficient (Wildman–Crippen LogP) is 0.520. The van der Waals surface area contributed by atoms with Crippen molar-refractivity contribution in [2.24, 2.45) is 10.9 Å². The molecule has 0 aromatic rings. The molecule has 0 spiro atoms. The van der Waals surface area contributed by atoms with E-state index in [9.17, 15) is 13.2 Å². The first-order valence-electron chi connectivity index (χ1n) is 9.43. The lowest BCUT2D eigenvalue weighted by Crippen LogP contribution is -2.53. The highest BCUT2D eigenvalue weighted by atomic mass is 32.2. The average molecular weight is 371 g/mol. The van der Waals surface area contributed by atoms with Crippen molar-refractivity contribution in [1.82, 2.24) is 15.5 Å². The topological polar surface area (TPSA) is 90.9 Å². The molecule has 2 unspecified atom stereocenters. The number of likely N-dealkylation sites (N-methyl/N-ethyl adjacent to an activating group) is 1. The van der Waals surface area contributed by atoms with Crippen molar-refractivity contribution in [3.63, 3.8) is 0 Å². The molecule has 1 saturated carbocycles. The van der Waals surface area contributed by atoms with Gasteiger partial charge in [-0.25, -0.2) is 8.42 Å². The fraction of sp³-hybridized carbons (Fsp3) is 0.882. The number of carbonyl (C=O) groups excluding carboxylic acids is 1. The van der Waals surface area contributed by atoms with Crippen molar-refractivity contribution in [1.29, 1.82) is 0 Å². The molecule has 1 aliphatic carbocycles. The normalized spacial score (nSPS) is 30.7. The van der Waals surface area contributed by atoms with Crippen LogP contribution in [0.4, 0.5) is 0 Å². The average Bonchev–Trinajstić information content (AvgIpc) is 3.18. The fourth-order valence-corrected chi connectivity index (χ4v) is 5.81. The minimum atomic E-state index is -2.86. The quantitative estimate of drug-likeness (QED) is 0.556. The van der Waals surface area contributed by atoms with Crippen molar-refractivity contribution >= 4 is 21.7 Å². The Kier molecular flexibility index (Phi) is 5.86. The molecule has 0 bridgehead atoms. The number of piperidine rings is 1. The predicted molar refractivity (Wildman–Crippen MR) is 98.2 cm³/mol. The molecule has 8 heteroatoms. The van der Waals surface area contributed by atoms with E-state index in [-0.39, 0.29) is 23.6 Å². The number of nitrogens with zero attached hydrogens (tertiary/aromatic N) is 2. The molecule has 25 heavy (non-hydrogen) atoms. The Bertz CT molecular complexity index is 613. The van der Waals surface area contributed by atoms with Gasteiger partial charge in [0, 0.05) is 38.6 Å². The Morgan fingerprint density at radius 1 is 1.16 bits per heavy atom. The maximum absolute atomic E-state index is 11.7. The van der Waals surface area contributed by atoms with Gasteiger partial charge in [-0.3, -0.25) is 9.79 Å². The van der Waals surface area contributed by atoms with Crippen LogP contribution in [0.5, 0.6) is 0 Å². The summed E-state index contributed by atoms with van der Waals surface area (Å²) in [7, 11) is -1.03. The van der Waals surface area contributed by atoms with Crippen LogP contribution in [0.1, 0.15) is 44.9 Å². The minimum Gasteiger partial charge on any atom is -0.354 e. The molecule has 2 saturated heterocycles. The highest BCUT2D eigenvalue weighted by molar-refractivity contribution is 7.91. The SMILES string of the molecule is CN1CC(NC(=NCC2CCS(=O)(=O)C2)NC2CCCC2)CCC1=O. The summed E-state index contributed by atoms with van der Waals surface area (Å²) in [5.41, 5.74) is 0. The van der Waals surface area contributed by atoms with Gasteiger partial charge in [-0.2, -0.15) is 0 Å². The zero-order valence-corrected chi connectivity index (χ0v) is 15.9. The maximum atomic E-state index is 11.7. The van der Waals surface area contributed by atoms with Gasteiger partial charge in [0.2, 0.25) is 5.91 Å². The lowest BCUT2D eigenvalue weighted by molar-refractivity contribution is -0.132. The summed E-state index contributed by atoms with van der Waals surface area (Å²) in [6, 6.07) is 0.643. The first-order chi connectivity index (χ1) is 11.9. The molecule has 2 aliphatic heterocycles. The number of sulfone groups is 1. The molecule has 0 aromatic carbocycles. The summed E-state index contributed by atoms with van der Waals surface area (Å²) in [5.74, 6) is 1.65. The van der Waals surface area contributed by atoms with Crippen molar-refractivity contribution in [2.45, 2.75) is 57.0 Å². The van der Waals surface area contributed by atoms with E-state index in [0.29, 0.717) is 37.7 Å². The van der Waals surface area contributed by atoms with Gasteiger partial charge in [0.1, 0.15) is 0 Å². The lowest BCUT2D eigenvalue weighted by Gasteiger charge is -2.32. The first-order valence-corrected chi connectivity index (χ1v) is 11.3. The molecule has 2 atom stereocenters. The van der Waals surface area contributed by atoms with Crippen molar-refractivity contribution in [2.75, 3.05) is 31.6 Å². The molecule has 7 nitrogen and oxygen atoms in total. The standard InChI is InChI=1S/C17H30N4O3S/c1-21-11-15(6-7-16(21)22)20-17(19-14-4-2-3-5-14)18-10-13-8-9-25(23,24)12-13/h13-15H,2-12H2,1H3,(H2,18,19,20). The summed E-state index contributed by atoms with van der Waals surface area (Å²) in [4.78, 5) is 18.1. The summed E-state index contributed by atoms with van der Waals surface area (Å²) in [6.07, 6.45) is 6.88. The molecule has 3 fully saturated rings. The Morgan fingerprint density at radius 2 is 1.88 bits per heavy atom. The van der Waals surface area contributed by atoms with E-state index in [1.807, 2.05) is 7.05 Å². The first kappa shape index (κ1) is 18.5. The number of aliphatic imine (C=N–C) groups is 1. The van der Waals surface area contributed by atoms with Gasteiger partial charge in [-0.05, 0) is 31.6 Å². The lowest BCUT2D eigenvalue weighted by atomic mass is 10.1. The van der Waals surface area contributed by atoms with Crippen LogP contribution in [0.15, 0.2) is 4.99 Å². The number of hydrogen-bond acceptors (Lipinski definition) is 4. The van der Waals surface area contributed by atoms with E-state index in [4.69, 9.17) is 4.99 Å². The van der Waals surface area contributed by atoms with Gasteiger partial charge >= 0.3 is 0 Å². The zero-order chi connectivity index (χ0) is 17.9. The molecule has 3 aliphatic rings. The van der Waals surface area contributed by atoms with E-state index < -0.39 is 9.84 Å². The minimum absolute atomic E-state index is 0.128. The number of rotatable bonds is 4. The van der Waals surface area contributed by atoms with Gasteiger partial charge in [0.15, 0.2) is 15.8 Å². The van der Waals surface area contributed by atoms with E-state index in [2.05, 4.69) is 10.6 Å². The van der Waals surface area contributed by atoms with Crippen LogP contribution in [0.3, 0.4) is 0 Å². The molecule has 1 amide bonds. The van der Waals surface area contributed by atoms with Crippen LogP contribution in [-0.4, -0.2) is 68.9 Å². The number of nitrogens with one attached hydrogen (secondary N) is 2. The Morgan fingerprint density at radius 3 is 2.52 bits per heavy atom. The number of amides is 1. The molecule has 2 heterocycles. The maximum Gasteiger partial charge on any atom is 0.222 e. The molecule has 2 N–H and O–H groups in total. The van der Waals surface area contributed by atoms with Gasteiger partial charge in [-0.1, -0.05) is 12.8 Å². The summed E-state index contributed by atoms with van der Waals surface area (Å²) in [5, 5.41) is 6.99. The summed E-state index contributed by atoms with van der Waals surface area (Å²) < 4.78 is 23.3. The van der Waals surface area contributed by atoms with Crippen molar-refractivity contribution in [3.8, 4) is 0 Å². The Hall–Kier alpha value is -1.31. The number of guanidine groups is 1. The van der Waals surface area contributed by atoms with Crippen LogP contribution >= 0.6 is 0 Å². The molecule has 142 valence electrons. The summed E-state index contributed by atoms with van der Waals surface area (Å²) >= 11 is 0. The van der Waals surface area contributed by atoms with Gasteiger partial charge in [0.25, 0.3) is 0 Å². The highest BCUT2D eigenvalue weighted by Crippen LogP contribution is 2.20. The van der Waals surface area contributed by atoms with Crippen LogP contribution in [0.2, 0.25) is 0 Å². The molecule has 0 aromatic heterocycles. The monoisotopic (exact) mass is 370 g/mol. The third-order valence-corrected chi connectivity index (χ3v) is 7.33. The fourth-order valence-electron chi connectivity index (χ4n) is 3.96. The zero-order valence-electron chi connectivity index (χ0n) is 15.0. The van der Waals surface area contributed by atoms with E-state index >= 15 is 0 Å². The van der Waals surface area contributed by atoms with Gasteiger partial charge < -0.3 is 15.5 Å². The third-order valence-electron chi connectivity index (χ3n) is 5.50. The Balaban J connectivity index is 1.60. The highest BCUT2D eigenvalue weighted by Gasteiger charge is 2.28. The molecular weight excluding hydrogens is 340 g/mol. The molecule has 0 radical (unpaired) electrons. The van der Waals surface area contributed by atoms with Crippen LogP contribution in [0, 0.1) is 5.92 Å². The third kappa shape index (κ3) is 5.33. The number of likely N-dealkylation sites (tertiary alicyclic amines) is 1. The second-order valence-electron chi connectivity index (χ2n) is 7.74. The van der Waals surface area contributed by atoms with E-state index in [1.54, 1.807) is 4.90 Å². The summed E-state index contributed by atoms with van der Waals surface area (Å²) in [6.45, 7) is 1.23. The largest absolute Gasteiger partial charge is 0.354 e. The smallest absolute Gasteiger partial charge is 0.222 e. The van der Waals surface area contributed by atoms with Crippen LogP contribution < -0.4 is 10.6 Å².